The first kappa shape index (κ1) is 22.5. The molecule has 5 rings (SSSR count). The maximum absolute atomic E-state index is 10.9. The Morgan fingerprint density at radius 3 is 2.42 bits per heavy atom. The molecule has 4 fully saturated rings. The molecule has 0 bridgehead atoms. The Kier molecular flexibility index (Phi) is 5.50. The van der Waals surface area contributed by atoms with Crippen LogP contribution in [0.25, 0.3) is 0 Å². The molecule has 5 aliphatic rings. The summed E-state index contributed by atoms with van der Waals surface area (Å²) in [5.74, 6) is 4.15. The summed E-state index contributed by atoms with van der Waals surface area (Å²) in [5, 5.41) is 21.6. The predicted octanol–water partition coefficient (Wildman–Crippen LogP) is 7.04. The summed E-state index contributed by atoms with van der Waals surface area (Å²) in [5.41, 5.74) is 1.59. The molecule has 2 N–H and O–H groups in total. The maximum Gasteiger partial charge on any atom is 0.0657 e. The van der Waals surface area contributed by atoms with Crippen LogP contribution >= 0.6 is 0 Å². The van der Waals surface area contributed by atoms with Gasteiger partial charge in [-0.25, -0.2) is 0 Å². The van der Waals surface area contributed by atoms with E-state index in [0.29, 0.717) is 10.8 Å². The van der Waals surface area contributed by atoms with Crippen LogP contribution in [-0.4, -0.2) is 21.4 Å². The van der Waals surface area contributed by atoms with E-state index in [-0.39, 0.29) is 5.60 Å². The molecule has 0 spiro atoms. The lowest BCUT2D eigenvalue weighted by Crippen LogP contribution is -2.52. The number of rotatable bonds is 4. The van der Waals surface area contributed by atoms with Gasteiger partial charge in [0.1, 0.15) is 0 Å². The van der Waals surface area contributed by atoms with Crippen molar-refractivity contribution in [1.29, 1.82) is 0 Å². The smallest absolute Gasteiger partial charge is 0.0657 e. The molecule has 0 aromatic carbocycles. The summed E-state index contributed by atoms with van der Waals surface area (Å²) in [6.07, 6.45) is 19.3. The van der Waals surface area contributed by atoms with E-state index in [4.69, 9.17) is 0 Å². The number of allylic oxidation sites excluding steroid dienone is 1. The number of hydrogen-bond donors (Lipinski definition) is 2. The fourth-order valence-electron chi connectivity index (χ4n) is 9.76. The molecule has 0 saturated heterocycles. The summed E-state index contributed by atoms with van der Waals surface area (Å²) in [7, 11) is 0. The molecule has 2 nitrogen and oxygen atoms in total. The first-order chi connectivity index (χ1) is 14.6. The highest BCUT2D eigenvalue weighted by atomic mass is 16.3. The van der Waals surface area contributed by atoms with Crippen molar-refractivity contribution < 1.29 is 10.2 Å². The second kappa shape index (κ2) is 7.59. The highest BCUT2D eigenvalue weighted by Gasteiger charge is 2.59. The van der Waals surface area contributed by atoms with Gasteiger partial charge in [-0.05, 0) is 124 Å². The Labute approximate surface area is 191 Å². The molecule has 0 radical (unpaired) electrons. The lowest BCUT2D eigenvalue weighted by atomic mass is 9.46. The van der Waals surface area contributed by atoms with Crippen LogP contribution in [0.3, 0.4) is 0 Å². The Morgan fingerprint density at radius 1 is 0.935 bits per heavy atom. The zero-order chi connectivity index (χ0) is 22.1. The van der Waals surface area contributed by atoms with E-state index < -0.39 is 5.60 Å². The zero-order valence-corrected chi connectivity index (χ0v) is 20.8. The first-order valence-electron chi connectivity index (χ1n) is 13.7. The third-order valence-electron chi connectivity index (χ3n) is 11.7. The predicted molar refractivity (Wildman–Crippen MR) is 128 cm³/mol. The minimum Gasteiger partial charge on any atom is -0.390 e. The van der Waals surface area contributed by atoms with E-state index in [1.807, 2.05) is 6.92 Å². The molecule has 8 atom stereocenters. The number of fused-ring (bicyclic) bond motifs is 5. The monoisotopic (exact) mass is 428 g/mol. The molecule has 0 heterocycles. The minimum atomic E-state index is -0.487. The van der Waals surface area contributed by atoms with Crippen molar-refractivity contribution in [2.75, 3.05) is 0 Å². The normalized spacial score (nSPS) is 49.7. The molecule has 0 amide bonds. The van der Waals surface area contributed by atoms with E-state index in [9.17, 15) is 10.2 Å². The van der Waals surface area contributed by atoms with Gasteiger partial charge in [-0.15, -0.1) is 0 Å². The van der Waals surface area contributed by atoms with Crippen molar-refractivity contribution in [3.8, 4) is 0 Å². The average Bonchev–Trinajstić information content (AvgIpc) is 3.30. The van der Waals surface area contributed by atoms with Gasteiger partial charge in [0.05, 0.1) is 11.2 Å². The molecule has 0 aromatic heterocycles. The molecule has 1 unspecified atom stereocenters. The van der Waals surface area contributed by atoms with Gasteiger partial charge in [0, 0.05) is 0 Å². The van der Waals surface area contributed by atoms with Crippen LogP contribution in [0.15, 0.2) is 11.6 Å². The van der Waals surface area contributed by atoms with E-state index in [0.717, 1.165) is 61.7 Å². The zero-order valence-electron chi connectivity index (χ0n) is 20.8. The molecule has 4 saturated carbocycles. The summed E-state index contributed by atoms with van der Waals surface area (Å²) < 4.78 is 0. The topological polar surface area (TPSA) is 40.5 Å². The molecule has 2 heteroatoms. The van der Waals surface area contributed by atoms with Gasteiger partial charge < -0.3 is 10.2 Å². The van der Waals surface area contributed by atoms with Crippen molar-refractivity contribution >= 4 is 0 Å². The molecule has 176 valence electrons. The first-order valence-corrected chi connectivity index (χ1v) is 13.7. The average molecular weight is 429 g/mol. The fraction of sp³-hybridized carbons (Fsp3) is 0.931. The molecule has 0 aromatic rings. The van der Waals surface area contributed by atoms with Crippen LogP contribution in [0.4, 0.5) is 0 Å². The van der Waals surface area contributed by atoms with Crippen molar-refractivity contribution in [3.63, 3.8) is 0 Å². The third kappa shape index (κ3) is 3.67. The van der Waals surface area contributed by atoms with E-state index in [2.05, 4.69) is 26.8 Å². The standard InChI is InChI=1S/C29H48O2/c1-20(11-16-29(31)13-5-6-14-29)23-9-10-24-22-8-7-21-19-26(2,30)17-18-27(21,3)25(22)12-15-28(23,24)4/h7,20,22-25,30-31H,5-6,8-19H2,1-4H3/t20-,22+,23-,24+,25?,26+,27+,28-/m1/s1. The number of hydrogen-bond acceptors (Lipinski definition) is 2. The van der Waals surface area contributed by atoms with Crippen molar-refractivity contribution in [2.45, 2.75) is 129 Å². The quantitative estimate of drug-likeness (QED) is 0.471. The van der Waals surface area contributed by atoms with E-state index in [1.54, 1.807) is 5.57 Å². The molecular weight excluding hydrogens is 380 g/mol. The van der Waals surface area contributed by atoms with Gasteiger partial charge in [-0.2, -0.15) is 0 Å². The molecule has 0 aliphatic heterocycles. The summed E-state index contributed by atoms with van der Waals surface area (Å²) in [6.45, 7) is 9.75. The minimum absolute atomic E-state index is 0.335. The molecule has 31 heavy (non-hydrogen) atoms. The van der Waals surface area contributed by atoms with Crippen LogP contribution in [0.2, 0.25) is 0 Å². The van der Waals surface area contributed by atoms with Gasteiger partial charge in [0.25, 0.3) is 0 Å². The van der Waals surface area contributed by atoms with E-state index >= 15 is 0 Å². The Balaban J connectivity index is 1.31. The maximum atomic E-state index is 10.9. The summed E-state index contributed by atoms with van der Waals surface area (Å²) in [4.78, 5) is 0. The second-order valence-electron chi connectivity index (χ2n) is 13.6. The molecule has 5 aliphatic carbocycles. The van der Waals surface area contributed by atoms with Crippen molar-refractivity contribution in [2.24, 2.45) is 40.4 Å². The fourth-order valence-corrected chi connectivity index (χ4v) is 9.76. The highest BCUT2D eigenvalue weighted by molar-refractivity contribution is 5.26. The Hall–Kier alpha value is -0.340. The van der Waals surface area contributed by atoms with Gasteiger partial charge in [0.2, 0.25) is 0 Å². The largest absolute Gasteiger partial charge is 0.390 e. The van der Waals surface area contributed by atoms with Gasteiger partial charge >= 0.3 is 0 Å². The SMILES string of the molecule is C[C@H](CCC1(O)CCCC1)[C@H]1CC[C@H]2[C@@H]3CC=C4C[C@@](C)(O)CC[C@]4(C)C3CC[C@]12C. The third-order valence-corrected chi connectivity index (χ3v) is 11.7. The summed E-state index contributed by atoms with van der Waals surface area (Å²) >= 11 is 0. The second-order valence-corrected chi connectivity index (χ2v) is 13.6. The van der Waals surface area contributed by atoms with Gasteiger partial charge in [0.15, 0.2) is 0 Å². The summed E-state index contributed by atoms with van der Waals surface area (Å²) in [6, 6.07) is 0. The van der Waals surface area contributed by atoms with Crippen LogP contribution in [0.5, 0.6) is 0 Å². The van der Waals surface area contributed by atoms with Crippen LogP contribution in [0.1, 0.15) is 118 Å². The van der Waals surface area contributed by atoms with Crippen molar-refractivity contribution in [1.82, 2.24) is 0 Å². The van der Waals surface area contributed by atoms with Crippen LogP contribution in [0, 0.1) is 40.4 Å². The van der Waals surface area contributed by atoms with Crippen molar-refractivity contribution in [3.05, 3.63) is 11.6 Å². The lowest BCUT2D eigenvalue weighted by Gasteiger charge is -2.59. The molecular formula is C29H48O2. The lowest BCUT2D eigenvalue weighted by molar-refractivity contribution is -0.0716. The highest BCUT2D eigenvalue weighted by Crippen LogP contribution is 2.67. The Morgan fingerprint density at radius 2 is 1.68 bits per heavy atom. The van der Waals surface area contributed by atoms with Gasteiger partial charge in [-0.3, -0.25) is 0 Å². The van der Waals surface area contributed by atoms with Crippen LogP contribution < -0.4 is 0 Å². The number of aliphatic hydroxyl groups is 2. The Bertz CT molecular complexity index is 716. The van der Waals surface area contributed by atoms with E-state index in [1.165, 1.54) is 57.8 Å². The van der Waals surface area contributed by atoms with Gasteiger partial charge in [-0.1, -0.05) is 45.3 Å². The van der Waals surface area contributed by atoms with Crippen LogP contribution in [-0.2, 0) is 0 Å².